The summed E-state index contributed by atoms with van der Waals surface area (Å²) in [5, 5.41) is 0. The summed E-state index contributed by atoms with van der Waals surface area (Å²) < 4.78 is 0. The molecule has 1 aliphatic carbocycles. The maximum Gasteiger partial charge on any atom is 0.252 e. The Morgan fingerprint density at radius 3 is 1.58 bits per heavy atom. The highest BCUT2D eigenvalue weighted by atomic mass is 15.2. The van der Waals surface area contributed by atoms with Gasteiger partial charge in [0.05, 0.1) is 5.69 Å². The van der Waals surface area contributed by atoms with Gasteiger partial charge < -0.3 is 9.80 Å². The maximum absolute atomic E-state index is 2.71. The van der Waals surface area contributed by atoms with E-state index in [4.69, 9.17) is 0 Å². The molecule has 10 rings (SSSR count). The van der Waals surface area contributed by atoms with Crippen LogP contribution in [0.1, 0.15) is 129 Å². The van der Waals surface area contributed by atoms with E-state index in [-0.39, 0.29) is 28.4 Å². The average Bonchev–Trinajstić information content (AvgIpc) is 3.57. The fourth-order valence-electron chi connectivity index (χ4n) is 11.1. The number of nitrogens with zero attached hydrogens (tertiary/aromatic N) is 2. The van der Waals surface area contributed by atoms with Crippen molar-refractivity contribution in [1.82, 2.24) is 0 Å². The molecule has 0 bridgehead atoms. The Balaban J connectivity index is 1.36. The van der Waals surface area contributed by atoms with Crippen LogP contribution in [0.4, 0.5) is 34.1 Å². The quantitative estimate of drug-likeness (QED) is 0.159. The van der Waals surface area contributed by atoms with Gasteiger partial charge >= 0.3 is 0 Å². The second-order valence-corrected chi connectivity index (χ2v) is 23.6. The van der Waals surface area contributed by atoms with Crippen molar-refractivity contribution in [2.45, 2.75) is 125 Å². The first-order valence-electron chi connectivity index (χ1n) is 24.2. The lowest BCUT2D eigenvalue weighted by Gasteiger charge is -2.46. The summed E-state index contributed by atoms with van der Waals surface area (Å²) >= 11 is 0. The standard InChI is InChI=1S/C62H67BN2/c1-39(2)42-31-56-58-57(32-42)65(54-36-48(40-20-16-14-17-21-40)50(61(9,10)11)35-49(54)41-22-18-15-19-23-41)55-33-44-38-62(12,13)37-43(44)30-51(55)63(58)52-34-46(60(6,7)8)26-29-53(52)64(56)47-27-24-45(25-28-47)59(3,4)5/h14-36,39H,37-38H2,1-13H3. The van der Waals surface area contributed by atoms with E-state index in [9.17, 15) is 0 Å². The van der Waals surface area contributed by atoms with Crippen LogP contribution in [0.5, 0.6) is 0 Å². The largest absolute Gasteiger partial charge is 0.311 e. The molecule has 0 fully saturated rings. The third-order valence-electron chi connectivity index (χ3n) is 14.6. The first-order valence-corrected chi connectivity index (χ1v) is 24.2. The van der Waals surface area contributed by atoms with E-state index in [1.165, 1.54) is 106 Å². The summed E-state index contributed by atoms with van der Waals surface area (Å²) in [7, 11) is 0. The topological polar surface area (TPSA) is 6.48 Å². The van der Waals surface area contributed by atoms with Gasteiger partial charge in [0, 0.05) is 34.0 Å². The molecule has 0 N–H and O–H groups in total. The van der Waals surface area contributed by atoms with Crippen LogP contribution in [-0.4, -0.2) is 6.71 Å². The summed E-state index contributed by atoms with van der Waals surface area (Å²) in [5.41, 5.74) is 25.3. The van der Waals surface area contributed by atoms with Crippen molar-refractivity contribution in [2.24, 2.45) is 5.41 Å². The molecule has 7 aromatic carbocycles. The van der Waals surface area contributed by atoms with Gasteiger partial charge in [-0.05, 0) is 155 Å². The zero-order valence-corrected chi connectivity index (χ0v) is 41.2. The molecule has 0 saturated heterocycles. The van der Waals surface area contributed by atoms with E-state index in [2.05, 4.69) is 239 Å². The minimum absolute atomic E-state index is 0.0163. The van der Waals surface area contributed by atoms with Crippen molar-refractivity contribution in [3.8, 4) is 22.3 Å². The van der Waals surface area contributed by atoms with E-state index in [1.54, 1.807) is 0 Å². The molecular formula is C62H67BN2. The molecule has 328 valence electrons. The Labute approximate surface area is 390 Å². The molecule has 0 aromatic heterocycles. The monoisotopic (exact) mass is 851 g/mol. The number of hydrogen-bond donors (Lipinski definition) is 0. The maximum atomic E-state index is 2.71. The summed E-state index contributed by atoms with van der Waals surface area (Å²) in [5.74, 6) is 0.311. The Hall–Kier alpha value is -5.80. The molecule has 2 heterocycles. The van der Waals surface area contributed by atoms with E-state index < -0.39 is 0 Å². The molecule has 0 saturated carbocycles. The normalized spacial score (nSPS) is 15.2. The second-order valence-electron chi connectivity index (χ2n) is 23.6. The Morgan fingerprint density at radius 1 is 0.477 bits per heavy atom. The highest BCUT2D eigenvalue weighted by Gasteiger charge is 2.46. The van der Waals surface area contributed by atoms with Crippen molar-refractivity contribution >= 4 is 57.2 Å². The first-order chi connectivity index (χ1) is 30.7. The van der Waals surface area contributed by atoms with Crippen LogP contribution < -0.4 is 26.2 Å². The first kappa shape index (κ1) is 43.1. The van der Waals surface area contributed by atoms with Crippen molar-refractivity contribution in [1.29, 1.82) is 0 Å². The molecule has 2 aliphatic heterocycles. The van der Waals surface area contributed by atoms with Gasteiger partial charge in [0.25, 0.3) is 6.71 Å². The number of hydrogen-bond acceptors (Lipinski definition) is 2. The molecule has 65 heavy (non-hydrogen) atoms. The van der Waals surface area contributed by atoms with E-state index in [0.29, 0.717) is 5.92 Å². The van der Waals surface area contributed by atoms with Gasteiger partial charge in [-0.15, -0.1) is 0 Å². The van der Waals surface area contributed by atoms with Gasteiger partial charge in [-0.2, -0.15) is 0 Å². The van der Waals surface area contributed by atoms with Crippen LogP contribution in [-0.2, 0) is 29.1 Å². The predicted octanol–water partition coefficient (Wildman–Crippen LogP) is 15.2. The Kier molecular flexibility index (Phi) is 10.0. The second kappa shape index (κ2) is 15.1. The van der Waals surface area contributed by atoms with E-state index in [1.807, 2.05) is 0 Å². The molecular weight excluding hydrogens is 784 g/mol. The lowest BCUT2D eigenvalue weighted by Crippen LogP contribution is -2.61. The Bertz CT molecular complexity index is 2970. The van der Waals surface area contributed by atoms with Gasteiger partial charge in [0.2, 0.25) is 0 Å². The molecule has 3 aliphatic rings. The smallest absolute Gasteiger partial charge is 0.252 e. The van der Waals surface area contributed by atoms with Crippen LogP contribution >= 0.6 is 0 Å². The number of fused-ring (bicyclic) bond motifs is 5. The molecule has 3 heteroatoms. The summed E-state index contributed by atoms with van der Waals surface area (Å²) in [6.07, 6.45) is 2.16. The predicted molar refractivity (Wildman–Crippen MR) is 283 cm³/mol. The van der Waals surface area contributed by atoms with Crippen LogP contribution in [0.25, 0.3) is 22.3 Å². The highest BCUT2D eigenvalue weighted by molar-refractivity contribution is 7.00. The summed E-state index contributed by atoms with van der Waals surface area (Å²) in [6, 6.07) is 54.5. The van der Waals surface area contributed by atoms with Crippen molar-refractivity contribution in [3.63, 3.8) is 0 Å². The third kappa shape index (κ3) is 7.44. The minimum Gasteiger partial charge on any atom is -0.311 e. The lowest BCUT2D eigenvalue weighted by molar-refractivity contribution is 0.392. The van der Waals surface area contributed by atoms with Gasteiger partial charge in [-0.1, -0.05) is 181 Å². The van der Waals surface area contributed by atoms with Gasteiger partial charge in [0.15, 0.2) is 0 Å². The molecule has 0 radical (unpaired) electrons. The number of benzene rings is 7. The average molecular weight is 851 g/mol. The van der Waals surface area contributed by atoms with E-state index in [0.717, 1.165) is 12.8 Å². The van der Waals surface area contributed by atoms with Crippen LogP contribution in [0, 0.1) is 5.41 Å². The lowest BCUT2D eigenvalue weighted by atomic mass is 9.33. The third-order valence-corrected chi connectivity index (χ3v) is 14.6. The summed E-state index contributed by atoms with van der Waals surface area (Å²) in [4.78, 5) is 5.31. The van der Waals surface area contributed by atoms with Crippen LogP contribution in [0.2, 0.25) is 0 Å². The fourth-order valence-corrected chi connectivity index (χ4v) is 11.1. The van der Waals surface area contributed by atoms with Crippen molar-refractivity contribution in [3.05, 3.63) is 173 Å². The van der Waals surface area contributed by atoms with E-state index >= 15 is 0 Å². The SMILES string of the molecule is CC(C)c1cc2c3c(c1)N(c1cc(-c4ccccc4)c(C(C)(C)C)cc1-c1ccccc1)c1cc4c(cc1B3c1cc(C(C)(C)C)ccc1N2c1ccc(C(C)(C)C)cc1)CC(C)(C)C4. The Morgan fingerprint density at radius 2 is 1.02 bits per heavy atom. The number of rotatable bonds is 5. The minimum atomic E-state index is -0.0984. The molecule has 0 atom stereocenters. The van der Waals surface area contributed by atoms with Gasteiger partial charge in [-0.25, -0.2) is 0 Å². The molecule has 0 unspecified atom stereocenters. The molecule has 0 spiro atoms. The fraction of sp³-hybridized carbons (Fsp3) is 0.323. The van der Waals surface area contributed by atoms with Crippen molar-refractivity contribution in [2.75, 3.05) is 9.80 Å². The highest BCUT2D eigenvalue weighted by Crippen LogP contribution is 2.51. The zero-order valence-electron chi connectivity index (χ0n) is 41.2. The molecule has 2 nitrogen and oxygen atoms in total. The van der Waals surface area contributed by atoms with Crippen molar-refractivity contribution < 1.29 is 0 Å². The van der Waals surface area contributed by atoms with Gasteiger partial charge in [-0.3, -0.25) is 0 Å². The molecule has 7 aromatic rings. The van der Waals surface area contributed by atoms with Crippen LogP contribution in [0.3, 0.4) is 0 Å². The van der Waals surface area contributed by atoms with Crippen LogP contribution in [0.15, 0.2) is 140 Å². The number of anilines is 6. The summed E-state index contributed by atoms with van der Waals surface area (Å²) in [6.45, 7) is 30.8. The molecule has 0 amide bonds. The van der Waals surface area contributed by atoms with Gasteiger partial charge in [0.1, 0.15) is 0 Å². The zero-order chi connectivity index (χ0) is 46.0.